The molecule has 6 heteroatoms. The Morgan fingerprint density at radius 1 is 1.90 bits per heavy atom. The molecule has 56 valence electrons. The largest absolute Gasteiger partial charge is 0.479 e. The Kier molecular flexibility index (Phi) is 3.87. The fourth-order valence-electron chi connectivity index (χ4n) is 0.200. The van der Waals surface area contributed by atoms with Crippen LogP contribution in [0.15, 0.2) is 0 Å². The van der Waals surface area contributed by atoms with Crippen LogP contribution in [-0.4, -0.2) is 21.2 Å². The van der Waals surface area contributed by atoms with E-state index in [0.29, 0.717) is 11.8 Å². The van der Waals surface area contributed by atoms with Gasteiger partial charge in [0.1, 0.15) is 5.40 Å². The Morgan fingerprint density at radius 3 is 2.50 bits per heavy atom. The summed E-state index contributed by atoms with van der Waals surface area (Å²) < 4.78 is -1.70. The number of thioether (sulfide) groups is 1. The number of halogens is 2. The van der Waals surface area contributed by atoms with Crippen molar-refractivity contribution in [2.75, 3.05) is 5.88 Å². The summed E-state index contributed by atoms with van der Waals surface area (Å²) in [5, 5.41) is 18.0. The molecule has 0 rings (SSSR count). The number of carbonyl (C=O) groups is 1. The van der Waals surface area contributed by atoms with Crippen molar-refractivity contribution in [2.24, 2.45) is 0 Å². The summed E-state index contributed by atoms with van der Waals surface area (Å²) in [4.78, 5) is 10.3. The third-order valence-electron chi connectivity index (χ3n) is 0.699. The minimum atomic E-state index is -1.70. The molecular weight excluding hydrogens is 197 g/mol. The molecular formula is C4H3Cl2NO2S. The van der Waals surface area contributed by atoms with Crippen molar-refractivity contribution in [3.05, 3.63) is 0 Å². The number of nitrogens with zero attached hydrogens (tertiary/aromatic N) is 1. The minimum Gasteiger partial charge on any atom is -0.479 e. The Hall–Kier alpha value is -0.110. The van der Waals surface area contributed by atoms with Crippen LogP contribution in [-0.2, 0) is 4.79 Å². The van der Waals surface area contributed by atoms with E-state index in [1.54, 1.807) is 5.40 Å². The Bertz CT molecular complexity index is 181. The SMILES string of the molecule is N#CSC(Cl)(CCl)C(=O)O. The van der Waals surface area contributed by atoms with Gasteiger partial charge < -0.3 is 5.11 Å². The molecule has 0 aliphatic rings. The summed E-state index contributed by atoms with van der Waals surface area (Å²) >= 11 is 11.0. The van der Waals surface area contributed by atoms with Crippen molar-refractivity contribution in [3.63, 3.8) is 0 Å². The van der Waals surface area contributed by atoms with E-state index >= 15 is 0 Å². The quantitative estimate of drug-likeness (QED) is 0.553. The van der Waals surface area contributed by atoms with Crippen LogP contribution in [0, 0.1) is 10.7 Å². The zero-order valence-electron chi connectivity index (χ0n) is 4.67. The topological polar surface area (TPSA) is 61.1 Å². The van der Waals surface area contributed by atoms with Crippen molar-refractivity contribution in [1.29, 1.82) is 5.26 Å². The molecule has 0 spiro atoms. The van der Waals surface area contributed by atoms with Crippen LogP contribution in [0.5, 0.6) is 0 Å². The average Bonchev–Trinajstić information content (AvgIpc) is 1.88. The van der Waals surface area contributed by atoms with E-state index in [4.69, 9.17) is 33.6 Å². The molecule has 0 aromatic heterocycles. The molecule has 0 aromatic rings. The number of alkyl halides is 2. The number of thiocyanates is 1. The van der Waals surface area contributed by atoms with Crippen LogP contribution < -0.4 is 0 Å². The van der Waals surface area contributed by atoms with Gasteiger partial charge in [-0.05, 0) is 11.8 Å². The lowest BCUT2D eigenvalue weighted by molar-refractivity contribution is -0.137. The number of rotatable bonds is 3. The summed E-state index contributed by atoms with van der Waals surface area (Å²) in [7, 11) is 0. The van der Waals surface area contributed by atoms with Crippen molar-refractivity contribution in [3.8, 4) is 5.40 Å². The van der Waals surface area contributed by atoms with E-state index in [1.807, 2.05) is 0 Å². The molecule has 0 fully saturated rings. The van der Waals surface area contributed by atoms with Crippen LogP contribution in [0.2, 0.25) is 0 Å². The van der Waals surface area contributed by atoms with Gasteiger partial charge in [0.25, 0.3) is 0 Å². The van der Waals surface area contributed by atoms with Crippen LogP contribution in [0.1, 0.15) is 0 Å². The van der Waals surface area contributed by atoms with Gasteiger partial charge in [-0.1, -0.05) is 11.6 Å². The van der Waals surface area contributed by atoms with E-state index < -0.39 is 10.2 Å². The summed E-state index contributed by atoms with van der Waals surface area (Å²) in [6, 6.07) is 0. The summed E-state index contributed by atoms with van der Waals surface area (Å²) in [5.41, 5.74) is 0. The Labute approximate surface area is 71.9 Å². The molecule has 0 saturated carbocycles. The monoisotopic (exact) mass is 199 g/mol. The molecule has 0 saturated heterocycles. The van der Waals surface area contributed by atoms with Gasteiger partial charge in [-0.3, -0.25) is 0 Å². The van der Waals surface area contributed by atoms with E-state index in [2.05, 4.69) is 0 Å². The van der Waals surface area contributed by atoms with Crippen LogP contribution in [0.25, 0.3) is 0 Å². The normalized spacial score (nSPS) is 15.3. The first-order chi connectivity index (χ1) is 4.56. The lowest BCUT2D eigenvalue weighted by Gasteiger charge is -2.12. The lowest BCUT2D eigenvalue weighted by Crippen LogP contribution is -2.29. The number of hydrogen-bond donors (Lipinski definition) is 1. The number of nitriles is 1. The fraction of sp³-hybridized carbons (Fsp3) is 0.500. The van der Waals surface area contributed by atoms with Crippen LogP contribution in [0.4, 0.5) is 0 Å². The van der Waals surface area contributed by atoms with Gasteiger partial charge in [0.15, 0.2) is 0 Å². The molecule has 10 heavy (non-hydrogen) atoms. The highest BCUT2D eigenvalue weighted by Gasteiger charge is 2.36. The second-order valence-electron chi connectivity index (χ2n) is 1.36. The smallest absolute Gasteiger partial charge is 0.337 e. The molecule has 0 amide bonds. The van der Waals surface area contributed by atoms with Gasteiger partial charge in [0, 0.05) is 0 Å². The van der Waals surface area contributed by atoms with Gasteiger partial charge in [-0.25, -0.2) is 4.79 Å². The predicted octanol–water partition coefficient (Wildman–Crippen LogP) is 1.46. The minimum absolute atomic E-state index is 0.303. The van der Waals surface area contributed by atoms with Crippen molar-refractivity contribution < 1.29 is 9.90 Å². The third kappa shape index (κ3) is 2.25. The van der Waals surface area contributed by atoms with Crippen molar-refractivity contribution in [2.45, 2.75) is 4.21 Å². The van der Waals surface area contributed by atoms with Crippen LogP contribution in [0.3, 0.4) is 0 Å². The third-order valence-corrected chi connectivity index (χ3v) is 2.66. The second-order valence-corrected chi connectivity index (χ2v) is 3.58. The molecule has 0 aromatic carbocycles. The first kappa shape index (κ1) is 9.89. The number of aliphatic carboxylic acids is 1. The number of hydrogen-bond acceptors (Lipinski definition) is 3. The van der Waals surface area contributed by atoms with E-state index in [9.17, 15) is 4.79 Å². The molecule has 0 aliphatic carbocycles. The number of carboxylic acids is 1. The van der Waals surface area contributed by atoms with Gasteiger partial charge in [0.2, 0.25) is 4.21 Å². The molecule has 0 bridgehead atoms. The highest BCUT2D eigenvalue weighted by atomic mass is 35.5. The summed E-state index contributed by atoms with van der Waals surface area (Å²) in [5.74, 6) is -1.60. The van der Waals surface area contributed by atoms with Gasteiger partial charge in [-0.2, -0.15) is 5.26 Å². The summed E-state index contributed by atoms with van der Waals surface area (Å²) in [6.45, 7) is 0. The first-order valence-corrected chi connectivity index (χ1v) is 3.85. The predicted molar refractivity (Wildman–Crippen MR) is 40.1 cm³/mol. The number of carboxylic acid groups (broad SMARTS) is 1. The fourth-order valence-corrected chi connectivity index (χ4v) is 0.868. The van der Waals surface area contributed by atoms with Crippen molar-refractivity contribution >= 4 is 40.9 Å². The molecule has 1 N–H and O–H groups in total. The van der Waals surface area contributed by atoms with E-state index in [-0.39, 0.29) is 5.88 Å². The molecule has 0 radical (unpaired) electrons. The van der Waals surface area contributed by atoms with Crippen molar-refractivity contribution in [1.82, 2.24) is 0 Å². The molecule has 1 unspecified atom stereocenters. The van der Waals surface area contributed by atoms with Crippen LogP contribution >= 0.6 is 35.0 Å². The van der Waals surface area contributed by atoms with Gasteiger partial charge in [0.05, 0.1) is 5.88 Å². The maximum atomic E-state index is 10.3. The second kappa shape index (κ2) is 3.91. The Morgan fingerprint density at radius 2 is 2.40 bits per heavy atom. The average molecular weight is 200 g/mol. The first-order valence-electron chi connectivity index (χ1n) is 2.12. The van der Waals surface area contributed by atoms with Gasteiger partial charge in [-0.15, -0.1) is 11.6 Å². The molecule has 1 atom stereocenters. The standard InChI is InChI=1S/C4H3Cl2NO2S/c5-1-4(6,3(8)9)10-2-7/h1H2,(H,8,9). The maximum absolute atomic E-state index is 10.3. The molecule has 0 aliphatic heterocycles. The molecule has 0 heterocycles. The Balaban J connectivity index is 4.26. The maximum Gasteiger partial charge on any atom is 0.337 e. The highest BCUT2D eigenvalue weighted by molar-refractivity contribution is 8.07. The lowest BCUT2D eigenvalue weighted by atomic mass is 10.5. The van der Waals surface area contributed by atoms with E-state index in [1.165, 1.54) is 0 Å². The zero-order valence-corrected chi connectivity index (χ0v) is 7.00. The molecule has 3 nitrogen and oxygen atoms in total. The zero-order chi connectivity index (χ0) is 8.20. The summed E-state index contributed by atoms with van der Waals surface area (Å²) in [6.07, 6.45) is 0. The van der Waals surface area contributed by atoms with Gasteiger partial charge >= 0.3 is 5.97 Å². The van der Waals surface area contributed by atoms with E-state index in [0.717, 1.165) is 0 Å². The highest BCUT2D eigenvalue weighted by Crippen LogP contribution is 2.30.